The zero-order valence-electron chi connectivity index (χ0n) is 19.9. The van der Waals surface area contributed by atoms with Gasteiger partial charge in [0, 0.05) is 0 Å². The van der Waals surface area contributed by atoms with Crippen LogP contribution in [0.3, 0.4) is 0 Å². The molecule has 1 nitrogen and oxygen atoms in total. The van der Waals surface area contributed by atoms with Gasteiger partial charge in [-0.05, 0) is 0 Å². The van der Waals surface area contributed by atoms with Crippen LogP contribution in [-0.4, -0.2) is 23.5 Å². The molecule has 2 heteroatoms. The zero-order valence-corrected chi connectivity index (χ0v) is 22.0. The van der Waals surface area contributed by atoms with Gasteiger partial charge in [-0.3, -0.25) is 0 Å². The second kappa shape index (κ2) is 8.75. The van der Waals surface area contributed by atoms with Crippen LogP contribution in [0, 0.1) is 28.6 Å². The molecule has 2 aliphatic heterocycles. The molecule has 4 aliphatic rings. The maximum absolute atomic E-state index is 10.2. The molecule has 2 saturated carbocycles. The average Bonchev–Trinajstić information content (AvgIpc) is 3.00. The van der Waals surface area contributed by atoms with Gasteiger partial charge in [-0.15, -0.1) is 0 Å². The number of alkyl halides is 3. The Morgan fingerprint density at radius 3 is 2.55 bits per heavy atom. The van der Waals surface area contributed by atoms with E-state index in [0.29, 0.717) is 16.7 Å². The second-order valence-corrected chi connectivity index (χ2v) is 18.3. The summed E-state index contributed by atoms with van der Waals surface area (Å²) < 4.78 is 3.69. The van der Waals surface area contributed by atoms with Crippen LogP contribution in [0.4, 0.5) is 0 Å². The van der Waals surface area contributed by atoms with Crippen molar-refractivity contribution in [3.05, 3.63) is 11.6 Å². The van der Waals surface area contributed by atoms with Crippen molar-refractivity contribution in [1.29, 1.82) is 0 Å². The van der Waals surface area contributed by atoms with Crippen LogP contribution in [0.1, 0.15) is 105 Å². The van der Waals surface area contributed by atoms with Gasteiger partial charge in [-0.2, -0.15) is 0 Å². The fraction of sp³-hybridized carbons (Fsp3) is 0.926. The summed E-state index contributed by atoms with van der Waals surface area (Å²) in [5.41, 5.74) is 2.96. The van der Waals surface area contributed by atoms with Crippen molar-refractivity contribution in [2.75, 3.05) is 4.43 Å². The minimum atomic E-state index is -0.968. The van der Waals surface area contributed by atoms with Crippen molar-refractivity contribution in [1.82, 2.24) is 0 Å². The van der Waals surface area contributed by atoms with Gasteiger partial charge < -0.3 is 0 Å². The van der Waals surface area contributed by atoms with Crippen molar-refractivity contribution in [2.45, 2.75) is 119 Å². The molecule has 3 fully saturated rings. The number of fused-ring (bicyclic) bond motifs is 5. The SMILES string of the molecule is CC(C)CCCCC1CCC2I3CC=C4CC(C(C)O)CCC4(C)C3CCC12C. The van der Waals surface area contributed by atoms with E-state index in [-0.39, 0.29) is 6.10 Å². The first-order chi connectivity index (χ1) is 13.8. The number of rotatable bonds is 6. The van der Waals surface area contributed by atoms with Gasteiger partial charge >= 0.3 is 189 Å². The van der Waals surface area contributed by atoms with Crippen LogP contribution in [0.5, 0.6) is 0 Å². The molecule has 7 atom stereocenters. The van der Waals surface area contributed by atoms with Gasteiger partial charge in [0.15, 0.2) is 0 Å². The monoisotopic (exact) mass is 514 g/mol. The Labute approximate surface area is 188 Å². The molecule has 0 radical (unpaired) electrons. The fourth-order valence-electron chi connectivity index (χ4n) is 7.64. The van der Waals surface area contributed by atoms with Crippen molar-refractivity contribution < 1.29 is 5.11 Å². The summed E-state index contributed by atoms with van der Waals surface area (Å²) in [6, 6.07) is 0. The number of unbranched alkanes of at least 4 members (excludes halogenated alkanes) is 1. The van der Waals surface area contributed by atoms with Gasteiger partial charge in [-0.25, -0.2) is 0 Å². The van der Waals surface area contributed by atoms with Gasteiger partial charge in [0.2, 0.25) is 0 Å². The number of hydrogen-bond donors (Lipinski definition) is 1. The summed E-state index contributed by atoms with van der Waals surface area (Å²) >= 11 is -0.968. The first-order valence-electron chi connectivity index (χ1n) is 12.8. The normalized spacial score (nSPS) is 44.1. The standard InChI is InChI=1S/C27H47IO/c1-19(2)8-6-7-9-22-10-11-24-26(22,4)16-13-25-27(5)15-12-21(20(3)29)18-23(27)14-17-28(24)25/h14,19-22,24-25,29H,6-13,15-18H2,1-5H3. The van der Waals surface area contributed by atoms with E-state index in [0.717, 1.165) is 19.7 Å². The van der Waals surface area contributed by atoms with E-state index in [1.807, 2.05) is 6.92 Å². The Morgan fingerprint density at radius 1 is 1.03 bits per heavy atom. The Kier molecular flexibility index (Phi) is 6.83. The maximum atomic E-state index is 10.2. The van der Waals surface area contributed by atoms with Crippen LogP contribution in [0.2, 0.25) is 0 Å². The number of halogens is 1. The molecule has 29 heavy (non-hydrogen) atoms. The quantitative estimate of drug-likeness (QED) is 0.166. The molecule has 0 aromatic rings. The van der Waals surface area contributed by atoms with Crippen molar-refractivity contribution in [3.63, 3.8) is 0 Å². The molecule has 0 bridgehead atoms. The molecular weight excluding hydrogens is 467 g/mol. The average molecular weight is 515 g/mol. The van der Waals surface area contributed by atoms with Gasteiger partial charge in [0.05, 0.1) is 0 Å². The van der Waals surface area contributed by atoms with Crippen LogP contribution in [-0.2, 0) is 0 Å². The van der Waals surface area contributed by atoms with Crippen molar-refractivity contribution >= 4 is 19.8 Å². The molecule has 1 saturated heterocycles. The molecule has 1 N–H and O–H groups in total. The van der Waals surface area contributed by atoms with Crippen molar-refractivity contribution in [3.8, 4) is 0 Å². The molecule has 2 heterocycles. The van der Waals surface area contributed by atoms with Crippen LogP contribution in [0.15, 0.2) is 11.6 Å². The first-order valence-corrected chi connectivity index (χ1v) is 16.8. The Hall–Kier alpha value is 0.430. The first kappa shape index (κ1) is 22.6. The molecule has 0 amide bonds. The predicted octanol–water partition coefficient (Wildman–Crippen LogP) is 7.78. The molecular formula is C27H47IO. The van der Waals surface area contributed by atoms with Crippen LogP contribution in [0.25, 0.3) is 0 Å². The number of allylic oxidation sites excluding steroid dienone is 2. The number of hydrogen-bond acceptors (Lipinski definition) is 1. The van der Waals surface area contributed by atoms with E-state index in [2.05, 4.69) is 33.8 Å². The summed E-state index contributed by atoms with van der Waals surface area (Å²) in [5.74, 6) is 2.42. The van der Waals surface area contributed by atoms with Crippen molar-refractivity contribution in [2.24, 2.45) is 28.6 Å². The molecule has 2 aliphatic carbocycles. The summed E-state index contributed by atoms with van der Waals surface area (Å²) in [6.45, 7) is 12.1. The molecule has 0 aromatic carbocycles. The Morgan fingerprint density at radius 2 is 1.83 bits per heavy atom. The van der Waals surface area contributed by atoms with E-state index < -0.39 is 19.8 Å². The third kappa shape index (κ3) is 4.12. The van der Waals surface area contributed by atoms with Crippen LogP contribution < -0.4 is 0 Å². The van der Waals surface area contributed by atoms with Gasteiger partial charge in [0.25, 0.3) is 0 Å². The molecule has 0 aromatic heterocycles. The van der Waals surface area contributed by atoms with E-state index in [4.69, 9.17) is 0 Å². The Bertz CT molecular complexity index is 610. The predicted molar refractivity (Wildman–Crippen MR) is 135 cm³/mol. The summed E-state index contributed by atoms with van der Waals surface area (Å²) in [5, 5.41) is 10.2. The zero-order chi connectivity index (χ0) is 20.8. The molecule has 4 rings (SSSR count). The third-order valence-corrected chi connectivity index (χ3v) is 19.1. The molecule has 168 valence electrons. The van der Waals surface area contributed by atoms with E-state index in [9.17, 15) is 5.11 Å². The topological polar surface area (TPSA) is 20.2 Å². The summed E-state index contributed by atoms with van der Waals surface area (Å²) in [6.07, 6.45) is 18.5. The number of aliphatic hydroxyl groups is 1. The fourth-order valence-corrected chi connectivity index (χ4v) is 18.3. The molecule has 7 unspecified atom stereocenters. The number of aliphatic hydroxyl groups excluding tert-OH is 1. The van der Waals surface area contributed by atoms with Gasteiger partial charge in [0.1, 0.15) is 0 Å². The second-order valence-electron chi connectivity index (χ2n) is 11.9. The minimum absolute atomic E-state index is 0.127. The van der Waals surface area contributed by atoms with E-state index >= 15 is 0 Å². The molecule has 0 spiro atoms. The summed E-state index contributed by atoms with van der Waals surface area (Å²) in [4.78, 5) is 0. The third-order valence-electron chi connectivity index (χ3n) is 9.74. The summed E-state index contributed by atoms with van der Waals surface area (Å²) in [7, 11) is 0. The van der Waals surface area contributed by atoms with E-state index in [1.165, 1.54) is 62.2 Å². The van der Waals surface area contributed by atoms with Crippen LogP contribution >= 0.6 is 19.8 Å². The van der Waals surface area contributed by atoms with E-state index in [1.54, 1.807) is 18.4 Å². The Balaban J connectivity index is 1.45. The van der Waals surface area contributed by atoms with Gasteiger partial charge in [-0.1, -0.05) is 0 Å².